The minimum absolute atomic E-state index is 0.0223. The first-order valence-electron chi connectivity index (χ1n) is 11.1. The Morgan fingerprint density at radius 2 is 1.89 bits per heavy atom. The molecule has 3 N–H and O–H groups in total. The number of morpholine rings is 1. The van der Waals surface area contributed by atoms with E-state index in [9.17, 15) is 4.79 Å². The lowest BCUT2D eigenvalue weighted by molar-refractivity contribution is -0.171. The molecule has 1 amide bonds. The second-order valence-corrected chi connectivity index (χ2v) is 10.3. The van der Waals surface area contributed by atoms with Gasteiger partial charge >= 0.3 is 0 Å². The summed E-state index contributed by atoms with van der Waals surface area (Å²) in [5.41, 5.74) is 5.28. The van der Waals surface area contributed by atoms with Gasteiger partial charge in [0.1, 0.15) is 5.54 Å². The number of nitrogens with two attached hydrogens (primary N) is 1. The van der Waals surface area contributed by atoms with E-state index in [1.54, 1.807) is 0 Å². The molecular weight excluding hydrogens is 354 g/mol. The Balaban J connectivity index is 1.68. The third-order valence-electron chi connectivity index (χ3n) is 7.69. The minimum atomic E-state index is -0.854. The molecule has 0 aromatic carbocycles. The molecule has 3 fully saturated rings. The van der Waals surface area contributed by atoms with Crippen LogP contribution in [-0.2, 0) is 14.3 Å². The van der Waals surface area contributed by atoms with Crippen LogP contribution in [0.5, 0.6) is 0 Å². The SMILES string of the molecule is CCOC1CC(N)(C(=O)NCC2(N3CCOC(C)(C)C3)CCCCC2)C1(C)C. The van der Waals surface area contributed by atoms with Gasteiger partial charge in [-0.15, -0.1) is 0 Å². The Morgan fingerprint density at radius 1 is 1.21 bits per heavy atom. The van der Waals surface area contributed by atoms with Gasteiger partial charge in [0.2, 0.25) is 5.91 Å². The molecule has 0 aromatic rings. The van der Waals surface area contributed by atoms with E-state index in [1.807, 2.05) is 6.92 Å². The van der Waals surface area contributed by atoms with E-state index in [0.29, 0.717) is 19.6 Å². The van der Waals surface area contributed by atoms with Crippen molar-refractivity contribution < 1.29 is 14.3 Å². The number of amides is 1. The van der Waals surface area contributed by atoms with Gasteiger partial charge in [0, 0.05) is 43.6 Å². The first-order valence-corrected chi connectivity index (χ1v) is 11.1. The molecule has 1 aliphatic heterocycles. The van der Waals surface area contributed by atoms with Crippen LogP contribution in [0.1, 0.15) is 73.1 Å². The molecule has 2 unspecified atom stereocenters. The highest BCUT2D eigenvalue weighted by Gasteiger charge is 2.63. The lowest BCUT2D eigenvalue weighted by atomic mass is 9.54. The fourth-order valence-electron chi connectivity index (χ4n) is 5.46. The summed E-state index contributed by atoms with van der Waals surface area (Å²) in [4.78, 5) is 15.8. The number of rotatable bonds is 6. The fourth-order valence-corrected chi connectivity index (χ4v) is 5.46. The van der Waals surface area contributed by atoms with Crippen molar-refractivity contribution in [3.05, 3.63) is 0 Å². The van der Waals surface area contributed by atoms with Crippen molar-refractivity contribution in [1.29, 1.82) is 0 Å². The van der Waals surface area contributed by atoms with Crippen LogP contribution in [0.15, 0.2) is 0 Å². The number of carbonyl (C=O) groups excluding carboxylic acids is 1. The Hall–Kier alpha value is -0.690. The second kappa shape index (κ2) is 7.86. The summed E-state index contributed by atoms with van der Waals surface area (Å²) in [6.07, 6.45) is 6.64. The van der Waals surface area contributed by atoms with E-state index in [4.69, 9.17) is 15.2 Å². The Morgan fingerprint density at radius 3 is 2.46 bits per heavy atom. The monoisotopic (exact) mass is 395 g/mol. The molecule has 2 atom stereocenters. The molecule has 0 radical (unpaired) electrons. The summed E-state index contributed by atoms with van der Waals surface area (Å²) in [6, 6.07) is 0. The van der Waals surface area contributed by atoms with E-state index < -0.39 is 5.54 Å². The molecule has 3 rings (SSSR count). The zero-order valence-electron chi connectivity index (χ0n) is 18.6. The van der Waals surface area contributed by atoms with E-state index in [2.05, 4.69) is 37.9 Å². The topological polar surface area (TPSA) is 76.8 Å². The molecule has 2 aliphatic carbocycles. The zero-order valence-corrected chi connectivity index (χ0v) is 18.6. The summed E-state index contributed by atoms with van der Waals surface area (Å²) in [5, 5.41) is 3.28. The van der Waals surface area contributed by atoms with Crippen molar-refractivity contribution in [3.8, 4) is 0 Å². The summed E-state index contributed by atoms with van der Waals surface area (Å²) < 4.78 is 11.7. The van der Waals surface area contributed by atoms with Crippen LogP contribution in [0.3, 0.4) is 0 Å². The van der Waals surface area contributed by atoms with Crippen LogP contribution >= 0.6 is 0 Å². The molecule has 0 aromatic heterocycles. The number of nitrogens with zero attached hydrogens (tertiary/aromatic N) is 1. The summed E-state index contributed by atoms with van der Waals surface area (Å²) in [7, 11) is 0. The number of carbonyl (C=O) groups is 1. The predicted molar refractivity (Wildman–Crippen MR) is 111 cm³/mol. The van der Waals surface area contributed by atoms with E-state index in [0.717, 1.165) is 32.5 Å². The van der Waals surface area contributed by atoms with Crippen molar-refractivity contribution in [3.63, 3.8) is 0 Å². The Labute approximate surface area is 170 Å². The van der Waals surface area contributed by atoms with Gasteiger partial charge in [-0.05, 0) is 33.6 Å². The van der Waals surface area contributed by atoms with Crippen LogP contribution < -0.4 is 11.1 Å². The molecule has 2 saturated carbocycles. The minimum Gasteiger partial charge on any atom is -0.378 e. The Bertz CT molecular complexity index is 571. The second-order valence-electron chi connectivity index (χ2n) is 10.3. The van der Waals surface area contributed by atoms with Crippen molar-refractivity contribution in [1.82, 2.24) is 10.2 Å². The third-order valence-corrected chi connectivity index (χ3v) is 7.69. The molecule has 28 heavy (non-hydrogen) atoms. The third kappa shape index (κ3) is 3.85. The van der Waals surface area contributed by atoms with Gasteiger partial charge in [0.25, 0.3) is 0 Å². The standard InChI is InChI=1S/C22H41N3O3/c1-6-27-17-14-22(23,20(17,4)5)18(26)24-15-21(10-8-7-9-11-21)25-12-13-28-19(2,3)16-25/h17H,6-16,23H2,1-5H3,(H,24,26). The summed E-state index contributed by atoms with van der Waals surface area (Å²) in [5.74, 6) is -0.0223. The van der Waals surface area contributed by atoms with Gasteiger partial charge in [0.05, 0.1) is 18.3 Å². The largest absolute Gasteiger partial charge is 0.378 e. The molecule has 3 aliphatic rings. The van der Waals surface area contributed by atoms with Gasteiger partial charge in [-0.3, -0.25) is 9.69 Å². The van der Waals surface area contributed by atoms with Crippen LogP contribution in [0, 0.1) is 5.41 Å². The van der Waals surface area contributed by atoms with E-state index in [-0.39, 0.29) is 28.6 Å². The number of hydrogen-bond donors (Lipinski definition) is 2. The highest BCUT2D eigenvalue weighted by atomic mass is 16.5. The predicted octanol–water partition coefficient (Wildman–Crippen LogP) is 2.45. The van der Waals surface area contributed by atoms with Crippen molar-refractivity contribution in [2.45, 2.75) is 95.9 Å². The highest BCUT2D eigenvalue weighted by molar-refractivity contribution is 5.88. The lowest BCUT2D eigenvalue weighted by Crippen LogP contribution is -2.76. The van der Waals surface area contributed by atoms with Crippen molar-refractivity contribution in [2.24, 2.45) is 11.1 Å². The molecule has 6 heteroatoms. The van der Waals surface area contributed by atoms with Gasteiger partial charge in [0.15, 0.2) is 0 Å². The van der Waals surface area contributed by atoms with E-state index in [1.165, 1.54) is 19.3 Å². The van der Waals surface area contributed by atoms with Crippen LogP contribution in [0.25, 0.3) is 0 Å². The summed E-state index contributed by atoms with van der Waals surface area (Å²) >= 11 is 0. The highest BCUT2D eigenvalue weighted by Crippen LogP contribution is 2.50. The maximum Gasteiger partial charge on any atom is 0.240 e. The fraction of sp³-hybridized carbons (Fsp3) is 0.955. The zero-order chi connectivity index (χ0) is 20.6. The van der Waals surface area contributed by atoms with Crippen LogP contribution in [0.4, 0.5) is 0 Å². The normalized spacial score (nSPS) is 34.4. The maximum absolute atomic E-state index is 13.2. The molecule has 1 saturated heterocycles. The number of nitrogens with one attached hydrogen (secondary N) is 1. The molecule has 0 bridgehead atoms. The molecular formula is C22H41N3O3. The van der Waals surface area contributed by atoms with Gasteiger partial charge in [-0.1, -0.05) is 33.1 Å². The average Bonchev–Trinajstić information content (AvgIpc) is 2.65. The lowest BCUT2D eigenvalue weighted by Gasteiger charge is -2.58. The van der Waals surface area contributed by atoms with Crippen LogP contribution in [-0.4, -0.2) is 66.4 Å². The van der Waals surface area contributed by atoms with Gasteiger partial charge in [-0.2, -0.15) is 0 Å². The van der Waals surface area contributed by atoms with E-state index >= 15 is 0 Å². The molecule has 0 spiro atoms. The molecule has 1 heterocycles. The number of ether oxygens (including phenoxy) is 2. The first kappa shape index (κ1) is 22.0. The quantitative estimate of drug-likeness (QED) is 0.722. The van der Waals surface area contributed by atoms with Crippen molar-refractivity contribution in [2.75, 3.05) is 32.8 Å². The average molecular weight is 396 g/mol. The molecule has 162 valence electrons. The number of hydrogen-bond acceptors (Lipinski definition) is 5. The molecule has 6 nitrogen and oxygen atoms in total. The van der Waals surface area contributed by atoms with Crippen LogP contribution in [0.2, 0.25) is 0 Å². The van der Waals surface area contributed by atoms with Gasteiger partial charge < -0.3 is 20.5 Å². The Kier molecular flexibility index (Phi) is 6.18. The summed E-state index contributed by atoms with van der Waals surface area (Å²) in [6.45, 7) is 14.4. The van der Waals surface area contributed by atoms with Gasteiger partial charge in [-0.25, -0.2) is 0 Å². The smallest absolute Gasteiger partial charge is 0.240 e. The van der Waals surface area contributed by atoms with Crippen molar-refractivity contribution >= 4 is 5.91 Å². The maximum atomic E-state index is 13.2. The first-order chi connectivity index (χ1) is 13.1.